The second-order valence-electron chi connectivity index (χ2n) is 7.87. The summed E-state index contributed by atoms with van der Waals surface area (Å²) < 4.78 is 9.06. The lowest BCUT2D eigenvalue weighted by atomic mass is 10.2. The van der Waals surface area contributed by atoms with Gasteiger partial charge in [-0.25, -0.2) is 0 Å². The molecule has 0 radical (unpaired) electrons. The van der Waals surface area contributed by atoms with Gasteiger partial charge in [0.2, 0.25) is 0 Å². The topological polar surface area (TPSA) is 9.23 Å². The molecule has 0 unspecified atom stereocenters. The molecule has 0 bridgehead atoms. The van der Waals surface area contributed by atoms with Crippen LogP contribution in [0.4, 0.5) is 0 Å². The molecule has 136 valence electrons. The molecule has 1 nitrogen and oxygen atoms in total. The first-order valence-electron chi connectivity index (χ1n) is 8.84. The number of halogens is 2. The summed E-state index contributed by atoms with van der Waals surface area (Å²) in [5, 5.41) is 0. The fourth-order valence-corrected chi connectivity index (χ4v) is 12.2. The van der Waals surface area contributed by atoms with Crippen molar-refractivity contribution in [1.29, 1.82) is 0 Å². The van der Waals surface area contributed by atoms with Gasteiger partial charge in [0.15, 0.2) is 16.6 Å². The molecule has 0 saturated carbocycles. The van der Waals surface area contributed by atoms with Crippen LogP contribution in [-0.4, -0.2) is 16.6 Å². The molecule has 0 saturated heterocycles. The third-order valence-corrected chi connectivity index (χ3v) is 12.8. The first kappa shape index (κ1) is 21.1. The van der Waals surface area contributed by atoms with E-state index in [0.717, 1.165) is 21.8 Å². The van der Waals surface area contributed by atoms with Crippen LogP contribution in [0.3, 0.4) is 0 Å². The largest absolute Gasteiger partial charge is 0.455 e. The van der Waals surface area contributed by atoms with Crippen LogP contribution in [-0.2, 0) is 17.0 Å². The molecule has 2 aromatic carbocycles. The molecule has 0 aromatic heterocycles. The van der Waals surface area contributed by atoms with Gasteiger partial charge >= 0.3 is 0 Å². The van der Waals surface area contributed by atoms with Gasteiger partial charge in [-0.1, -0.05) is 56.1 Å². The summed E-state index contributed by atoms with van der Waals surface area (Å²) in [5.74, 6) is 0. The van der Waals surface area contributed by atoms with Crippen LogP contribution in [0.5, 0.6) is 0 Å². The van der Waals surface area contributed by atoms with Gasteiger partial charge in [0.1, 0.15) is 0 Å². The number of aryl methyl sites for hydroxylation is 2. The van der Waals surface area contributed by atoms with Crippen LogP contribution >= 0.6 is 31.9 Å². The molecule has 0 aliphatic rings. The predicted octanol–water partition coefficient (Wildman–Crippen LogP) is 7.42. The van der Waals surface area contributed by atoms with E-state index in [-0.39, 0.29) is 0 Å². The molecule has 0 N–H and O–H groups in total. The van der Waals surface area contributed by atoms with Gasteiger partial charge in [0, 0.05) is 8.95 Å². The standard InChI is InChI=1S/C20H28Br2OSi2/c1-24(2,15-13-17-5-9-19(21)10-6-17)23-25(3,4)16-14-18-7-11-20(22)12-8-18/h5-12H,13-16H2,1-4H3. The van der Waals surface area contributed by atoms with Crippen molar-refractivity contribution in [2.24, 2.45) is 0 Å². The zero-order chi connectivity index (χ0) is 18.5. The molecule has 0 atom stereocenters. The van der Waals surface area contributed by atoms with E-state index in [9.17, 15) is 0 Å². The summed E-state index contributed by atoms with van der Waals surface area (Å²) in [5.41, 5.74) is 2.81. The first-order valence-corrected chi connectivity index (χ1v) is 16.7. The summed E-state index contributed by atoms with van der Waals surface area (Å²) in [6.45, 7) is 9.50. The lowest BCUT2D eigenvalue weighted by Gasteiger charge is -2.34. The summed E-state index contributed by atoms with van der Waals surface area (Å²) in [7, 11) is -3.28. The van der Waals surface area contributed by atoms with Crippen molar-refractivity contribution in [3.05, 3.63) is 68.6 Å². The van der Waals surface area contributed by atoms with Crippen LogP contribution < -0.4 is 0 Å². The van der Waals surface area contributed by atoms with Crippen LogP contribution in [0.15, 0.2) is 57.5 Å². The van der Waals surface area contributed by atoms with Crippen LogP contribution in [0.2, 0.25) is 38.3 Å². The van der Waals surface area contributed by atoms with E-state index < -0.39 is 16.6 Å². The van der Waals surface area contributed by atoms with Gasteiger partial charge < -0.3 is 4.12 Å². The Balaban J connectivity index is 1.85. The Morgan fingerprint density at radius 1 is 0.640 bits per heavy atom. The van der Waals surface area contributed by atoms with E-state index >= 15 is 0 Å². The first-order chi connectivity index (χ1) is 11.7. The quantitative estimate of drug-likeness (QED) is 0.343. The Bertz CT molecular complexity index is 608. The maximum absolute atomic E-state index is 6.78. The van der Waals surface area contributed by atoms with Crippen molar-refractivity contribution in [2.75, 3.05) is 0 Å². The van der Waals surface area contributed by atoms with Crippen LogP contribution in [0.1, 0.15) is 11.1 Å². The molecule has 0 fully saturated rings. The van der Waals surface area contributed by atoms with Gasteiger partial charge in [-0.2, -0.15) is 0 Å². The van der Waals surface area contributed by atoms with E-state index in [1.54, 1.807) is 0 Å². The molecule has 0 amide bonds. The Labute approximate surface area is 171 Å². The number of hydrogen-bond donors (Lipinski definition) is 0. The molecular formula is C20H28Br2OSi2. The molecule has 0 aliphatic heterocycles. The van der Waals surface area contributed by atoms with Crippen molar-refractivity contribution in [3.63, 3.8) is 0 Å². The fourth-order valence-electron chi connectivity index (χ4n) is 3.04. The van der Waals surface area contributed by atoms with Crippen LogP contribution in [0.25, 0.3) is 0 Å². The predicted molar refractivity (Wildman–Crippen MR) is 121 cm³/mol. The van der Waals surface area contributed by atoms with Gasteiger partial charge in [0.25, 0.3) is 0 Å². The molecular weight excluding hydrogens is 472 g/mol. The van der Waals surface area contributed by atoms with Gasteiger partial charge in [-0.15, -0.1) is 0 Å². The highest BCUT2D eigenvalue weighted by Crippen LogP contribution is 2.25. The van der Waals surface area contributed by atoms with E-state index in [4.69, 9.17) is 4.12 Å². The zero-order valence-electron chi connectivity index (χ0n) is 15.6. The van der Waals surface area contributed by atoms with Crippen molar-refractivity contribution >= 4 is 48.5 Å². The fraction of sp³-hybridized carbons (Fsp3) is 0.400. The average molecular weight is 500 g/mol. The highest BCUT2D eigenvalue weighted by Gasteiger charge is 2.32. The summed E-state index contributed by atoms with van der Waals surface area (Å²) in [6.07, 6.45) is 2.23. The molecule has 0 heterocycles. The van der Waals surface area contributed by atoms with E-state index in [0.29, 0.717) is 0 Å². The Morgan fingerprint density at radius 3 is 1.28 bits per heavy atom. The zero-order valence-corrected chi connectivity index (χ0v) is 20.8. The lowest BCUT2D eigenvalue weighted by Crippen LogP contribution is -2.44. The van der Waals surface area contributed by atoms with Crippen molar-refractivity contribution in [3.8, 4) is 0 Å². The van der Waals surface area contributed by atoms with Crippen LogP contribution in [0, 0.1) is 0 Å². The smallest absolute Gasteiger partial charge is 0.173 e. The van der Waals surface area contributed by atoms with Crippen molar-refractivity contribution in [1.82, 2.24) is 0 Å². The Kier molecular flexibility index (Phi) is 7.71. The third-order valence-electron chi connectivity index (χ3n) is 4.41. The molecule has 2 aromatic rings. The normalized spacial score (nSPS) is 12.4. The number of hydrogen-bond acceptors (Lipinski definition) is 1. The highest BCUT2D eigenvalue weighted by molar-refractivity contribution is 9.10. The number of benzene rings is 2. The van der Waals surface area contributed by atoms with E-state index in [2.05, 4.69) is 107 Å². The van der Waals surface area contributed by atoms with Gasteiger partial charge in [-0.3, -0.25) is 0 Å². The SMILES string of the molecule is C[Si](C)(CCc1ccc(Br)cc1)O[Si](C)(C)CCc1ccc(Br)cc1. The lowest BCUT2D eigenvalue weighted by molar-refractivity contribution is 0.536. The Morgan fingerprint density at radius 2 is 0.960 bits per heavy atom. The maximum atomic E-state index is 6.78. The minimum atomic E-state index is -1.64. The monoisotopic (exact) mass is 498 g/mol. The van der Waals surface area contributed by atoms with E-state index in [1.807, 2.05) is 0 Å². The molecule has 0 aliphatic carbocycles. The molecule has 0 spiro atoms. The van der Waals surface area contributed by atoms with Gasteiger partial charge in [-0.05, 0) is 86.5 Å². The highest BCUT2D eigenvalue weighted by atomic mass is 79.9. The number of rotatable bonds is 8. The average Bonchev–Trinajstić information content (AvgIpc) is 2.53. The summed E-state index contributed by atoms with van der Waals surface area (Å²) in [6, 6.07) is 19.7. The maximum Gasteiger partial charge on any atom is 0.173 e. The minimum Gasteiger partial charge on any atom is -0.455 e. The summed E-state index contributed by atoms with van der Waals surface area (Å²) in [4.78, 5) is 0. The summed E-state index contributed by atoms with van der Waals surface area (Å²) >= 11 is 7.01. The third kappa shape index (κ3) is 7.91. The molecule has 25 heavy (non-hydrogen) atoms. The van der Waals surface area contributed by atoms with Crippen molar-refractivity contribution in [2.45, 2.75) is 51.1 Å². The Hall–Kier alpha value is -0.206. The molecule has 5 heteroatoms. The molecule has 2 rings (SSSR count). The van der Waals surface area contributed by atoms with Gasteiger partial charge in [0.05, 0.1) is 0 Å². The second kappa shape index (κ2) is 9.13. The second-order valence-corrected chi connectivity index (χ2v) is 18.6. The van der Waals surface area contributed by atoms with E-state index in [1.165, 1.54) is 23.2 Å². The minimum absolute atomic E-state index is 1.11. The van der Waals surface area contributed by atoms with Crippen molar-refractivity contribution < 1.29 is 4.12 Å².